The molecule has 8 nitrogen and oxygen atoms in total. The molecule has 1 amide bonds. The van der Waals surface area contributed by atoms with E-state index in [2.05, 4.69) is 10.4 Å². The lowest BCUT2D eigenvalue weighted by atomic mass is 10.2. The molecule has 178 valence electrons. The Hall–Kier alpha value is -4.22. The van der Waals surface area contributed by atoms with Crippen LogP contribution in [0.2, 0.25) is 0 Å². The third-order valence-corrected chi connectivity index (χ3v) is 4.27. The van der Waals surface area contributed by atoms with E-state index in [1.807, 2.05) is 0 Å². The number of esters is 1. The molecule has 0 aliphatic rings. The van der Waals surface area contributed by atoms with Crippen LogP contribution < -0.4 is 15.6 Å². The molecule has 1 aromatic heterocycles. The highest BCUT2D eigenvalue weighted by Crippen LogP contribution is 2.30. The van der Waals surface area contributed by atoms with Crippen molar-refractivity contribution in [3.63, 3.8) is 0 Å². The zero-order chi connectivity index (χ0) is 24.9. The predicted molar refractivity (Wildman–Crippen MR) is 111 cm³/mol. The Morgan fingerprint density at radius 2 is 1.79 bits per heavy atom. The van der Waals surface area contributed by atoms with Crippen molar-refractivity contribution in [1.29, 1.82) is 0 Å². The summed E-state index contributed by atoms with van der Waals surface area (Å²) in [6, 6.07) is 9.57. The van der Waals surface area contributed by atoms with E-state index in [0.717, 1.165) is 41.1 Å². The monoisotopic (exact) mass is 479 g/mol. The average Bonchev–Trinajstić information content (AvgIpc) is 2.78. The molecule has 0 saturated carbocycles. The minimum atomic E-state index is -4.59. The van der Waals surface area contributed by atoms with Gasteiger partial charge in [0.05, 0.1) is 23.9 Å². The molecule has 12 heteroatoms. The summed E-state index contributed by atoms with van der Waals surface area (Å²) in [5, 5.41) is 6.15. The number of benzene rings is 2. The number of carbonyl (C=O) groups is 2. The molecule has 0 spiro atoms. The number of amides is 1. The number of ether oxygens (including phenoxy) is 2. The number of nitrogens with one attached hydrogen (secondary N) is 1. The summed E-state index contributed by atoms with van der Waals surface area (Å²) < 4.78 is 62.7. The maximum absolute atomic E-state index is 13.2. The number of nitrogens with zero attached hydrogens (tertiary/aromatic N) is 2. The Morgan fingerprint density at radius 3 is 2.44 bits per heavy atom. The number of hydrogen-bond acceptors (Lipinski definition) is 6. The highest BCUT2D eigenvalue weighted by Gasteiger charge is 2.30. The van der Waals surface area contributed by atoms with Crippen LogP contribution >= 0.6 is 0 Å². The van der Waals surface area contributed by atoms with E-state index in [1.54, 1.807) is 0 Å². The van der Waals surface area contributed by atoms with E-state index in [-0.39, 0.29) is 23.7 Å². The summed E-state index contributed by atoms with van der Waals surface area (Å²) in [7, 11) is 0. The molecule has 0 radical (unpaired) electrons. The highest BCUT2D eigenvalue weighted by atomic mass is 19.4. The standard InChI is InChI=1S/C22H17F4N3O5/c1-2-33-21(32)20-17(11-19(31)29(28-20)16-8-6-14(23)7-9-16)34-12-18(30)27-15-5-3-4-13(10-15)22(24,25)26/h3-11H,2,12H2,1H3,(H,27,30). The Balaban J connectivity index is 1.82. The molecule has 0 fully saturated rings. The molecule has 2 aromatic carbocycles. The second-order valence-corrected chi connectivity index (χ2v) is 6.72. The van der Waals surface area contributed by atoms with Crippen molar-refractivity contribution in [2.75, 3.05) is 18.5 Å². The molecule has 0 atom stereocenters. The van der Waals surface area contributed by atoms with Gasteiger partial charge in [-0.05, 0) is 49.4 Å². The second-order valence-electron chi connectivity index (χ2n) is 6.72. The lowest BCUT2D eigenvalue weighted by Crippen LogP contribution is -2.27. The van der Waals surface area contributed by atoms with E-state index in [0.29, 0.717) is 0 Å². The normalized spacial score (nSPS) is 11.1. The first kappa shape index (κ1) is 24.4. The number of rotatable bonds is 7. The molecule has 1 heterocycles. The Kier molecular flexibility index (Phi) is 7.29. The van der Waals surface area contributed by atoms with Crippen LogP contribution in [0, 0.1) is 5.82 Å². The molecule has 0 saturated heterocycles. The van der Waals surface area contributed by atoms with Gasteiger partial charge in [0, 0.05) is 5.69 Å². The second kappa shape index (κ2) is 10.1. The number of halogens is 4. The minimum Gasteiger partial charge on any atom is -0.481 e. The summed E-state index contributed by atoms with van der Waals surface area (Å²) in [4.78, 5) is 37.0. The van der Waals surface area contributed by atoms with Gasteiger partial charge in [0.15, 0.2) is 12.4 Å². The molecule has 34 heavy (non-hydrogen) atoms. The minimum absolute atomic E-state index is 0.0222. The summed E-state index contributed by atoms with van der Waals surface area (Å²) in [6.45, 7) is 0.771. The van der Waals surface area contributed by atoms with Gasteiger partial charge in [-0.1, -0.05) is 6.07 Å². The Labute approximate surface area is 189 Å². The third-order valence-electron chi connectivity index (χ3n) is 4.27. The smallest absolute Gasteiger partial charge is 0.416 e. The van der Waals surface area contributed by atoms with Gasteiger partial charge in [-0.2, -0.15) is 23.0 Å². The van der Waals surface area contributed by atoms with Crippen molar-refractivity contribution >= 4 is 17.6 Å². The SMILES string of the molecule is CCOC(=O)c1nn(-c2ccc(F)cc2)c(=O)cc1OCC(=O)Nc1cccc(C(F)(F)F)c1. The Bertz CT molecular complexity index is 1260. The quantitative estimate of drug-likeness (QED) is 0.411. The molecule has 3 rings (SSSR count). The van der Waals surface area contributed by atoms with Crippen LogP contribution in [0.4, 0.5) is 23.2 Å². The van der Waals surface area contributed by atoms with Gasteiger partial charge in [0.25, 0.3) is 11.5 Å². The molecule has 0 unspecified atom stereocenters. The van der Waals surface area contributed by atoms with Crippen LogP contribution in [0.15, 0.2) is 59.4 Å². The highest BCUT2D eigenvalue weighted by molar-refractivity contribution is 5.93. The van der Waals surface area contributed by atoms with Gasteiger partial charge in [-0.25, -0.2) is 9.18 Å². The van der Waals surface area contributed by atoms with Crippen molar-refractivity contribution in [1.82, 2.24) is 9.78 Å². The average molecular weight is 479 g/mol. The van der Waals surface area contributed by atoms with Crippen molar-refractivity contribution < 1.29 is 36.6 Å². The van der Waals surface area contributed by atoms with Crippen LogP contribution in [0.25, 0.3) is 5.69 Å². The molecular formula is C22H17F4N3O5. The fourth-order valence-electron chi connectivity index (χ4n) is 2.77. The van der Waals surface area contributed by atoms with Crippen LogP contribution in [-0.4, -0.2) is 34.9 Å². The first-order valence-electron chi connectivity index (χ1n) is 9.76. The topological polar surface area (TPSA) is 99.5 Å². The van der Waals surface area contributed by atoms with E-state index in [1.165, 1.54) is 25.1 Å². The van der Waals surface area contributed by atoms with Crippen molar-refractivity contribution in [2.24, 2.45) is 0 Å². The molecular weight excluding hydrogens is 462 g/mol. The summed E-state index contributed by atoms with van der Waals surface area (Å²) >= 11 is 0. The molecule has 3 aromatic rings. The van der Waals surface area contributed by atoms with Crippen LogP contribution in [0.5, 0.6) is 5.75 Å². The lowest BCUT2D eigenvalue weighted by molar-refractivity contribution is -0.137. The van der Waals surface area contributed by atoms with E-state index >= 15 is 0 Å². The van der Waals surface area contributed by atoms with Crippen LogP contribution in [-0.2, 0) is 15.7 Å². The van der Waals surface area contributed by atoms with Crippen molar-refractivity contribution in [2.45, 2.75) is 13.1 Å². The van der Waals surface area contributed by atoms with Gasteiger partial charge in [-0.15, -0.1) is 0 Å². The molecule has 0 bridgehead atoms. The van der Waals surface area contributed by atoms with Crippen LogP contribution in [0.1, 0.15) is 23.0 Å². The van der Waals surface area contributed by atoms with Gasteiger partial charge < -0.3 is 14.8 Å². The predicted octanol–water partition coefficient (Wildman–Crippen LogP) is 3.58. The fraction of sp³-hybridized carbons (Fsp3) is 0.182. The van der Waals surface area contributed by atoms with E-state index in [4.69, 9.17) is 9.47 Å². The lowest BCUT2D eigenvalue weighted by Gasteiger charge is -2.13. The molecule has 0 aliphatic carbocycles. The fourth-order valence-corrected chi connectivity index (χ4v) is 2.77. The molecule has 0 aliphatic heterocycles. The van der Waals surface area contributed by atoms with Gasteiger partial charge >= 0.3 is 12.1 Å². The maximum Gasteiger partial charge on any atom is 0.416 e. The number of carbonyl (C=O) groups excluding carboxylic acids is 2. The first-order valence-corrected chi connectivity index (χ1v) is 9.76. The van der Waals surface area contributed by atoms with Gasteiger partial charge in [0.2, 0.25) is 5.69 Å². The summed E-state index contributed by atoms with van der Waals surface area (Å²) in [5.74, 6) is -2.72. The number of hydrogen-bond donors (Lipinski definition) is 1. The number of aromatic nitrogens is 2. The Morgan fingerprint density at radius 1 is 1.09 bits per heavy atom. The van der Waals surface area contributed by atoms with Crippen LogP contribution in [0.3, 0.4) is 0 Å². The first-order chi connectivity index (χ1) is 16.1. The summed E-state index contributed by atoms with van der Waals surface area (Å²) in [6.07, 6.45) is -4.59. The zero-order valence-electron chi connectivity index (χ0n) is 17.6. The van der Waals surface area contributed by atoms with Gasteiger partial charge in [0.1, 0.15) is 5.82 Å². The summed E-state index contributed by atoms with van der Waals surface area (Å²) in [5.41, 5.74) is -2.11. The van der Waals surface area contributed by atoms with E-state index in [9.17, 15) is 31.9 Å². The number of alkyl halides is 3. The van der Waals surface area contributed by atoms with Gasteiger partial charge in [-0.3, -0.25) is 9.59 Å². The van der Waals surface area contributed by atoms with Crippen molar-refractivity contribution in [3.8, 4) is 11.4 Å². The number of anilines is 1. The third kappa shape index (κ3) is 5.97. The zero-order valence-corrected chi connectivity index (χ0v) is 17.6. The maximum atomic E-state index is 13.2. The van der Waals surface area contributed by atoms with E-state index < -0.39 is 47.3 Å². The van der Waals surface area contributed by atoms with Crippen molar-refractivity contribution in [3.05, 3.63) is 82.0 Å². The molecule has 1 N–H and O–H groups in total. The largest absolute Gasteiger partial charge is 0.481 e.